The molecule has 0 unspecified atom stereocenters. The van der Waals surface area contributed by atoms with E-state index in [1.165, 1.54) is 18.2 Å². The molecule has 33 heavy (non-hydrogen) atoms. The molecule has 0 bridgehead atoms. The van der Waals surface area contributed by atoms with Crippen LogP contribution in [0.25, 0.3) is 0 Å². The Balaban J connectivity index is 1.53. The van der Waals surface area contributed by atoms with E-state index in [9.17, 15) is 18.0 Å². The van der Waals surface area contributed by atoms with E-state index in [1.54, 1.807) is 24.3 Å². The number of benzene rings is 3. The van der Waals surface area contributed by atoms with Gasteiger partial charge in [0, 0.05) is 5.69 Å². The molecule has 0 heterocycles. The molecule has 9 heteroatoms. The smallest absolute Gasteiger partial charge is 0.338 e. The number of amides is 1. The largest absolute Gasteiger partial charge is 0.457 e. The summed E-state index contributed by atoms with van der Waals surface area (Å²) in [6, 6.07) is 21.1. The third-order valence-electron chi connectivity index (χ3n) is 4.20. The molecular weight excluding hydrogens is 444 g/mol. The number of ether oxygens (including phenoxy) is 2. The van der Waals surface area contributed by atoms with E-state index in [1.807, 2.05) is 30.3 Å². The second-order valence-corrected chi connectivity index (χ2v) is 8.39. The van der Waals surface area contributed by atoms with Crippen molar-refractivity contribution >= 4 is 27.6 Å². The van der Waals surface area contributed by atoms with Crippen molar-refractivity contribution in [3.63, 3.8) is 0 Å². The molecule has 3 aromatic rings. The number of hydrogen-bond acceptors (Lipinski definition) is 6. The van der Waals surface area contributed by atoms with Gasteiger partial charge in [-0.1, -0.05) is 30.2 Å². The lowest BCUT2D eigenvalue weighted by Gasteiger charge is -2.09. The summed E-state index contributed by atoms with van der Waals surface area (Å²) in [6.07, 6.45) is 5.06. The molecule has 0 aliphatic rings. The first-order valence-electron chi connectivity index (χ1n) is 9.70. The molecule has 0 aromatic heterocycles. The molecule has 0 aliphatic carbocycles. The van der Waals surface area contributed by atoms with Gasteiger partial charge in [-0.15, -0.1) is 6.42 Å². The average molecular weight is 464 g/mol. The van der Waals surface area contributed by atoms with Crippen LogP contribution in [0.4, 0.5) is 5.69 Å². The second kappa shape index (κ2) is 10.9. The van der Waals surface area contributed by atoms with Crippen LogP contribution in [0.15, 0.2) is 83.8 Å². The van der Waals surface area contributed by atoms with Gasteiger partial charge in [0.15, 0.2) is 6.61 Å². The van der Waals surface area contributed by atoms with E-state index in [0.717, 1.165) is 6.07 Å². The lowest BCUT2D eigenvalue weighted by molar-refractivity contribution is -0.119. The first kappa shape index (κ1) is 23.5. The van der Waals surface area contributed by atoms with Gasteiger partial charge in [0.1, 0.15) is 11.5 Å². The first-order chi connectivity index (χ1) is 15.9. The number of carbonyl (C=O) groups excluding carboxylic acids is 2. The molecule has 0 spiro atoms. The Morgan fingerprint density at radius 3 is 2.30 bits per heavy atom. The molecular formula is C24H20N2O6S. The lowest BCUT2D eigenvalue weighted by Crippen LogP contribution is -2.24. The van der Waals surface area contributed by atoms with Gasteiger partial charge in [-0.05, 0) is 54.6 Å². The van der Waals surface area contributed by atoms with Crippen LogP contribution in [0, 0.1) is 12.3 Å². The highest BCUT2D eigenvalue weighted by Gasteiger charge is 2.17. The minimum atomic E-state index is -3.86. The molecule has 0 fully saturated rings. The first-order valence-corrected chi connectivity index (χ1v) is 11.2. The third-order valence-corrected chi connectivity index (χ3v) is 5.59. The van der Waals surface area contributed by atoms with Gasteiger partial charge < -0.3 is 14.8 Å². The number of rotatable bonds is 9. The van der Waals surface area contributed by atoms with Crippen LogP contribution in [0.2, 0.25) is 0 Å². The van der Waals surface area contributed by atoms with Gasteiger partial charge in [0.25, 0.3) is 5.91 Å². The van der Waals surface area contributed by atoms with Gasteiger partial charge in [-0.25, -0.2) is 13.2 Å². The molecule has 8 nitrogen and oxygen atoms in total. The summed E-state index contributed by atoms with van der Waals surface area (Å²) in [5.74, 6) is 2.05. The number of nitrogens with one attached hydrogen (secondary N) is 2. The zero-order valence-corrected chi connectivity index (χ0v) is 18.2. The minimum Gasteiger partial charge on any atom is -0.457 e. The summed E-state index contributed by atoms with van der Waals surface area (Å²) in [4.78, 5) is 24.2. The fourth-order valence-electron chi connectivity index (χ4n) is 2.65. The predicted molar refractivity (Wildman–Crippen MR) is 122 cm³/mol. The molecule has 3 rings (SSSR count). The molecule has 0 radical (unpaired) electrons. The van der Waals surface area contributed by atoms with Crippen LogP contribution >= 0.6 is 0 Å². The molecule has 0 saturated heterocycles. The highest BCUT2D eigenvalue weighted by molar-refractivity contribution is 7.89. The summed E-state index contributed by atoms with van der Waals surface area (Å²) < 4.78 is 37.1. The second-order valence-electron chi connectivity index (χ2n) is 6.62. The number of para-hydroxylation sites is 1. The van der Waals surface area contributed by atoms with Crippen LogP contribution < -0.4 is 14.8 Å². The van der Waals surface area contributed by atoms with Crippen molar-refractivity contribution < 1.29 is 27.5 Å². The normalized spacial score (nSPS) is 10.6. The van der Waals surface area contributed by atoms with E-state index in [0.29, 0.717) is 17.2 Å². The number of anilines is 1. The van der Waals surface area contributed by atoms with Gasteiger partial charge >= 0.3 is 5.97 Å². The topological polar surface area (TPSA) is 111 Å². The van der Waals surface area contributed by atoms with Gasteiger partial charge in [0.05, 0.1) is 17.0 Å². The van der Waals surface area contributed by atoms with E-state index in [-0.39, 0.29) is 17.0 Å². The van der Waals surface area contributed by atoms with Gasteiger partial charge in [-0.2, -0.15) is 4.72 Å². The summed E-state index contributed by atoms with van der Waals surface area (Å²) in [5, 5.41) is 2.60. The number of esters is 1. The summed E-state index contributed by atoms with van der Waals surface area (Å²) in [5.41, 5.74) is 0.470. The minimum absolute atomic E-state index is 0.0196. The van der Waals surface area contributed by atoms with Gasteiger partial charge in [-0.3, -0.25) is 4.79 Å². The fourth-order valence-corrected chi connectivity index (χ4v) is 3.63. The summed E-state index contributed by atoms with van der Waals surface area (Å²) in [6.45, 7) is -0.732. The molecule has 3 aromatic carbocycles. The number of carbonyl (C=O) groups is 2. The standard InChI is InChI=1S/C24H20N2O6S/c1-2-15-25-33(29,30)22-10-6-7-18(16-22)24(28)31-17-23(27)26-19-11-13-21(14-12-19)32-20-8-4-3-5-9-20/h1,3-14,16,25H,15,17H2,(H,26,27). The lowest BCUT2D eigenvalue weighted by atomic mass is 10.2. The zero-order chi connectivity index (χ0) is 23.7. The van der Waals surface area contributed by atoms with E-state index in [2.05, 4.69) is 16.0 Å². The van der Waals surface area contributed by atoms with Crippen molar-refractivity contribution in [3.8, 4) is 23.8 Å². The van der Waals surface area contributed by atoms with Crippen LogP contribution in [0.5, 0.6) is 11.5 Å². The van der Waals surface area contributed by atoms with Crippen LogP contribution in [0.1, 0.15) is 10.4 Å². The Morgan fingerprint density at radius 2 is 1.61 bits per heavy atom. The Kier molecular flexibility index (Phi) is 7.81. The SMILES string of the molecule is C#CCNS(=O)(=O)c1cccc(C(=O)OCC(=O)Nc2ccc(Oc3ccccc3)cc2)c1. The highest BCUT2D eigenvalue weighted by atomic mass is 32.2. The van der Waals surface area contributed by atoms with Crippen molar-refractivity contribution in [3.05, 3.63) is 84.4 Å². The molecule has 2 N–H and O–H groups in total. The third kappa shape index (κ3) is 6.93. The number of sulfonamides is 1. The number of terminal acetylenes is 1. The van der Waals surface area contributed by atoms with E-state index in [4.69, 9.17) is 15.9 Å². The van der Waals surface area contributed by atoms with Crippen molar-refractivity contribution in [2.75, 3.05) is 18.5 Å². The maximum absolute atomic E-state index is 12.2. The Morgan fingerprint density at radius 1 is 0.909 bits per heavy atom. The Labute approximate surface area is 191 Å². The molecule has 1 amide bonds. The summed E-state index contributed by atoms with van der Waals surface area (Å²) in [7, 11) is -3.86. The maximum Gasteiger partial charge on any atom is 0.338 e. The predicted octanol–water partition coefficient (Wildman–Crippen LogP) is 3.19. The molecule has 0 aliphatic heterocycles. The average Bonchev–Trinajstić information content (AvgIpc) is 2.83. The van der Waals surface area contributed by atoms with Crippen molar-refractivity contribution in [2.24, 2.45) is 0 Å². The zero-order valence-electron chi connectivity index (χ0n) is 17.4. The Bertz CT molecular complexity index is 1270. The summed E-state index contributed by atoms with van der Waals surface area (Å²) >= 11 is 0. The monoisotopic (exact) mass is 464 g/mol. The maximum atomic E-state index is 12.2. The van der Waals surface area contributed by atoms with Crippen molar-refractivity contribution in [1.82, 2.24) is 4.72 Å². The quantitative estimate of drug-likeness (QED) is 0.372. The fraction of sp³-hybridized carbons (Fsp3) is 0.0833. The van der Waals surface area contributed by atoms with Gasteiger partial charge in [0.2, 0.25) is 10.0 Å². The number of hydrogen-bond donors (Lipinski definition) is 2. The Hall–Kier alpha value is -4.13. The highest BCUT2D eigenvalue weighted by Crippen LogP contribution is 2.22. The van der Waals surface area contributed by atoms with Crippen LogP contribution in [-0.4, -0.2) is 33.4 Å². The van der Waals surface area contributed by atoms with E-state index >= 15 is 0 Å². The van der Waals surface area contributed by atoms with Crippen molar-refractivity contribution in [1.29, 1.82) is 0 Å². The van der Waals surface area contributed by atoms with Crippen LogP contribution in [-0.2, 0) is 19.6 Å². The van der Waals surface area contributed by atoms with Crippen molar-refractivity contribution in [2.45, 2.75) is 4.90 Å². The molecule has 168 valence electrons. The molecule has 0 saturated carbocycles. The van der Waals surface area contributed by atoms with Crippen LogP contribution in [0.3, 0.4) is 0 Å². The van der Waals surface area contributed by atoms with E-state index < -0.39 is 28.5 Å². The molecule has 0 atom stereocenters.